The molecule has 1 atom stereocenters. The summed E-state index contributed by atoms with van der Waals surface area (Å²) in [6.45, 7) is 2.06. The number of fused-ring (bicyclic) bond motifs is 1. The van der Waals surface area contributed by atoms with Crippen molar-refractivity contribution in [1.29, 1.82) is 5.26 Å². The molecule has 2 N–H and O–H groups in total. The molecular weight excluding hydrogens is 408 g/mol. The Morgan fingerprint density at radius 3 is 2.50 bits per heavy atom. The van der Waals surface area contributed by atoms with Crippen LogP contribution in [0.3, 0.4) is 0 Å². The number of halogens is 1. The summed E-state index contributed by atoms with van der Waals surface area (Å²) < 4.78 is 0.986. The van der Waals surface area contributed by atoms with Crippen LogP contribution in [0.4, 0.5) is 0 Å². The van der Waals surface area contributed by atoms with Crippen LogP contribution in [0, 0.1) is 18.3 Å². The van der Waals surface area contributed by atoms with Crippen LogP contribution < -0.4 is 5.73 Å². The van der Waals surface area contributed by atoms with Crippen LogP contribution in [-0.4, -0.2) is 10.1 Å². The van der Waals surface area contributed by atoms with Crippen molar-refractivity contribution in [2.75, 3.05) is 0 Å². The van der Waals surface area contributed by atoms with E-state index in [9.17, 15) is 5.26 Å². The summed E-state index contributed by atoms with van der Waals surface area (Å²) in [5, 5.41) is 12.6. The zero-order valence-corrected chi connectivity index (χ0v) is 16.4. The van der Waals surface area contributed by atoms with Crippen molar-refractivity contribution in [2.24, 2.45) is 10.7 Å². The average molecular weight is 423 g/mol. The van der Waals surface area contributed by atoms with Crippen LogP contribution in [0.15, 0.2) is 74.8 Å². The van der Waals surface area contributed by atoms with Crippen LogP contribution in [0.5, 0.6) is 0 Å². The Morgan fingerprint density at radius 1 is 1.15 bits per heavy atom. The Labute approximate surface area is 164 Å². The number of hydrogen-bond acceptors (Lipinski definition) is 5. The van der Waals surface area contributed by atoms with E-state index in [0.717, 1.165) is 26.5 Å². The van der Waals surface area contributed by atoms with E-state index < -0.39 is 0 Å². The lowest BCUT2D eigenvalue weighted by molar-refractivity contribution is 0.651. The van der Waals surface area contributed by atoms with Crippen LogP contribution >= 0.6 is 27.7 Å². The van der Waals surface area contributed by atoms with Gasteiger partial charge < -0.3 is 5.73 Å². The molecule has 2 heterocycles. The van der Waals surface area contributed by atoms with Crippen molar-refractivity contribution in [2.45, 2.75) is 13.0 Å². The molecular formula is C20H15BrN4S. The molecule has 0 fully saturated rings. The van der Waals surface area contributed by atoms with Crippen LogP contribution in [0.25, 0.3) is 5.70 Å². The normalized spacial score (nSPS) is 19.0. The number of nitrogens with zero attached hydrogens (tertiary/aromatic N) is 3. The lowest BCUT2D eigenvalue weighted by Gasteiger charge is -2.30. The minimum atomic E-state index is -0.377. The first kappa shape index (κ1) is 17.0. The van der Waals surface area contributed by atoms with Gasteiger partial charge in [0.05, 0.1) is 11.3 Å². The number of thioether (sulfide) groups is 1. The maximum absolute atomic E-state index is 9.74. The molecule has 2 aromatic carbocycles. The van der Waals surface area contributed by atoms with Gasteiger partial charge in [-0.1, -0.05) is 69.7 Å². The second-order valence-corrected chi connectivity index (χ2v) is 7.85. The molecule has 4 nitrogen and oxygen atoms in total. The maximum Gasteiger partial charge on any atom is 0.174 e. The highest BCUT2D eigenvalue weighted by atomic mass is 79.9. The van der Waals surface area contributed by atoms with Gasteiger partial charge in [0.2, 0.25) is 0 Å². The Balaban J connectivity index is 1.76. The summed E-state index contributed by atoms with van der Waals surface area (Å²) in [5.74, 6) is 0.447. The summed E-state index contributed by atoms with van der Waals surface area (Å²) in [5.41, 5.74) is 11.0. The van der Waals surface area contributed by atoms with Crippen molar-refractivity contribution in [1.82, 2.24) is 4.90 Å². The monoisotopic (exact) mass is 422 g/mol. The van der Waals surface area contributed by atoms with E-state index in [-0.39, 0.29) is 6.04 Å². The fourth-order valence-electron chi connectivity index (χ4n) is 3.00. The molecule has 0 bridgehead atoms. The molecule has 0 amide bonds. The van der Waals surface area contributed by atoms with E-state index >= 15 is 0 Å². The van der Waals surface area contributed by atoms with Gasteiger partial charge >= 0.3 is 0 Å². The van der Waals surface area contributed by atoms with E-state index in [1.807, 2.05) is 34.6 Å². The van der Waals surface area contributed by atoms with Crippen LogP contribution in [-0.2, 0) is 0 Å². The Kier molecular flexibility index (Phi) is 4.35. The number of amidine groups is 1. The van der Waals surface area contributed by atoms with Gasteiger partial charge in [-0.25, -0.2) is 4.99 Å². The van der Waals surface area contributed by atoms with E-state index in [1.54, 1.807) is 0 Å². The number of nitriles is 1. The second kappa shape index (κ2) is 6.67. The highest BCUT2D eigenvalue weighted by Crippen LogP contribution is 2.42. The van der Waals surface area contributed by atoms with Crippen LogP contribution in [0.1, 0.15) is 22.7 Å². The Morgan fingerprint density at radius 2 is 1.85 bits per heavy atom. The number of aliphatic imine (C=N–C) groups is 1. The van der Waals surface area contributed by atoms with Gasteiger partial charge in [-0.3, -0.25) is 4.90 Å². The second-order valence-electron chi connectivity index (χ2n) is 6.10. The first-order valence-corrected chi connectivity index (χ1v) is 9.73. The summed E-state index contributed by atoms with van der Waals surface area (Å²) in [4.78, 5) is 6.70. The predicted molar refractivity (Wildman–Crippen MR) is 110 cm³/mol. The molecule has 0 aromatic heterocycles. The van der Waals surface area contributed by atoms with Crippen molar-refractivity contribution in [3.05, 3.63) is 86.5 Å². The third-order valence-electron chi connectivity index (χ3n) is 4.39. The van der Waals surface area contributed by atoms with Gasteiger partial charge in [0.15, 0.2) is 5.17 Å². The molecule has 0 saturated heterocycles. The summed E-state index contributed by atoms with van der Waals surface area (Å²) in [6, 6.07) is 18.0. The molecule has 2 aliphatic rings. The third kappa shape index (κ3) is 2.83. The highest BCUT2D eigenvalue weighted by Gasteiger charge is 2.35. The molecule has 0 aliphatic carbocycles. The van der Waals surface area contributed by atoms with Crippen LogP contribution in [0.2, 0.25) is 0 Å². The number of hydrogen-bond donors (Lipinski definition) is 1. The summed E-state index contributed by atoms with van der Waals surface area (Å²) in [6.07, 6.45) is 0. The Bertz CT molecular complexity index is 998. The summed E-state index contributed by atoms with van der Waals surface area (Å²) in [7, 11) is 0. The fourth-order valence-corrected chi connectivity index (χ4v) is 4.19. The molecule has 128 valence electrons. The molecule has 6 heteroatoms. The third-order valence-corrected chi connectivity index (χ3v) is 5.76. The first-order valence-electron chi connectivity index (χ1n) is 8.05. The highest BCUT2D eigenvalue weighted by molar-refractivity contribution is 9.10. The predicted octanol–water partition coefficient (Wildman–Crippen LogP) is 4.91. The standard InChI is InChI=1S/C20H15BrN4S/c1-12-2-4-13(5-3-12)17-11-26-20-24-18(14-6-8-15(21)9-7-14)16(10-22)19(23)25(17)20/h2-9,11,18H,23H2,1H3. The lowest BCUT2D eigenvalue weighted by atomic mass is 9.98. The van der Waals surface area contributed by atoms with Gasteiger partial charge in [-0.05, 0) is 30.2 Å². The zero-order chi connectivity index (χ0) is 18.3. The number of benzene rings is 2. The largest absolute Gasteiger partial charge is 0.384 e. The maximum atomic E-state index is 9.74. The van der Waals surface area contributed by atoms with E-state index in [1.165, 1.54) is 17.3 Å². The molecule has 2 aliphatic heterocycles. The average Bonchev–Trinajstić information content (AvgIpc) is 3.07. The van der Waals surface area contributed by atoms with Gasteiger partial charge in [0.25, 0.3) is 0 Å². The fraction of sp³-hybridized carbons (Fsp3) is 0.100. The Hall–Kier alpha value is -2.49. The molecule has 0 radical (unpaired) electrons. The number of nitrogens with two attached hydrogens (primary N) is 1. The zero-order valence-electron chi connectivity index (χ0n) is 14.0. The van der Waals surface area contributed by atoms with Crippen molar-refractivity contribution in [3.63, 3.8) is 0 Å². The van der Waals surface area contributed by atoms with Crippen molar-refractivity contribution in [3.8, 4) is 6.07 Å². The van der Waals surface area contributed by atoms with Gasteiger partial charge in [-0.2, -0.15) is 5.26 Å². The molecule has 26 heavy (non-hydrogen) atoms. The first-order chi connectivity index (χ1) is 12.6. The van der Waals surface area contributed by atoms with Crippen molar-refractivity contribution < 1.29 is 0 Å². The van der Waals surface area contributed by atoms with E-state index in [0.29, 0.717) is 11.4 Å². The molecule has 2 aromatic rings. The molecule has 0 spiro atoms. The lowest BCUT2D eigenvalue weighted by Crippen LogP contribution is -2.33. The van der Waals surface area contributed by atoms with Gasteiger partial charge in [0.1, 0.15) is 17.9 Å². The van der Waals surface area contributed by atoms with Gasteiger partial charge in [0, 0.05) is 9.88 Å². The minimum Gasteiger partial charge on any atom is -0.384 e. The quantitative estimate of drug-likeness (QED) is 0.746. The SMILES string of the molecule is Cc1ccc(C2=CSC3=NC(c4ccc(Br)cc4)C(C#N)=C(N)N23)cc1. The summed E-state index contributed by atoms with van der Waals surface area (Å²) >= 11 is 4.97. The topological polar surface area (TPSA) is 65.4 Å². The van der Waals surface area contributed by atoms with Crippen molar-refractivity contribution >= 4 is 38.6 Å². The molecule has 0 saturated carbocycles. The number of aryl methyl sites for hydroxylation is 1. The van der Waals surface area contributed by atoms with Gasteiger partial charge in [-0.15, -0.1) is 0 Å². The smallest absolute Gasteiger partial charge is 0.174 e. The number of rotatable bonds is 2. The van der Waals surface area contributed by atoms with E-state index in [2.05, 4.69) is 53.2 Å². The van der Waals surface area contributed by atoms with E-state index in [4.69, 9.17) is 10.7 Å². The minimum absolute atomic E-state index is 0.377. The molecule has 4 rings (SSSR count). The molecule has 1 unspecified atom stereocenters.